The van der Waals surface area contributed by atoms with Crippen LogP contribution in [0.25, 0.3) is 0 Å². The van der Waals surface area contributed by atoms with E-state index in [0.29, 0.717) is 12.5 Å². The number of methoxy groups -OCH3 is 1. The van der Waals surface area contributed by atoms with Crippen molar-refractivity contribution in [3.8, 4) is 5.75 Å². The second kappa shape index (κ2) is 10.2. The summed E-state index contributed by atoms with van der Waals surface area (Å²) >= 11 is 0. The third-order valence-corrected chi connectivity index (χ3v) is 3.89. The van der Waals surface area contributed by atoms with Crippen molar-refractivity contribution in [2.24, 2.45) is 0 Å². The Labute approximate surface area is 146 Å². The minimum absolute atomic E-state index is 0.292. The number of rotatable bonds is 9. The number of unbranched alkanes of at least 4 members (excludes halogenated alkanes) is 3. The van der Waals surface area contributed by atoms with Gasteiger partial charge in [0.05, 0.1) is 7.11 Å². The van der Waals surface area contributed by atoms with Gasteiger partial charge in [0.1, 0.15) is 11.4 Å². The number of carbonyl (C=O) groups excluding carboxylic acids is 1. The topological polar surface area (TPSA) is 47.6 Å². The van der Waals surface area contributed by atoms with E-state index in [4.69, 9.17) is 9.47 Å². The first kappa shape index (κ1) is 20.3. The zero-order valence-corrected chi connectivity index (χ0v) is 15.9. The van der Waals surface area contributed by atoms with Crippen LogP contribution in [0.4, 0.5) is 4.79 Å². The minimum Gasteiger partial charge on any atom is -0.497 e. The smallest absolute Gasteiger partial charge is 0.407 e. The van der Waals surface area contributed by atoms with E-state index in [1.54, 1.807) is 7.11 Å². The Morgan fingerprint density at radius 1 is 1.12 bits per heavy atom. The van der Waals surface area contributed by atoms with Gasteiger partial charge in [-0.3, -0.25) is 0 Å². The lowest BCUT2D eigenvalue weighted by molar-refractivity contribution is 0.0524. The molecule has 0 radical (unpaired) electrons. The van der Waals surface area contributed by atoms with Crippen molar-refractivity contribution in [1.82, 2.24) is 5.32 Å². The highest BCUT2D eigenvalue weighted by Crippen LogP contribution is 2.24. The van der Waals surface area contributed by atoms with Crippen LogP contribution in [0.1, 0.15) is 71.3 Å². The van der Waals surface area contributed by atoms with Crippen molar-refractivity contribution in [3.05, 3.63) is 29.8 Å². The van der Waals surface area contributed by atoms with Gasteiger partial charge in [0.25, 0.3) is 0 Å². The summed E-state index contributed by atoms with van der Waals surface area (Å²) in [7, 11) is 1.67. The summed E-state index contributed by atoms with van der Waals surface area (Å²) in [6.45, 7) is 8.42. The van der Waals surface area contributed by atoms with Crippen molar-refractivity contribution in [2.45, 2.75) is 71.3 Å². The van der Waals surface area contributed by atoms with E-state index in [9.17, 15) is 4.79 Å². The van der Waals surface area contributed by atoms with Gasteiger partial charge in [0.15, 0.2) is 0 Å². The van der Waals surface area contributed by atoms with Crippen LogP contribution in [0.15, 0.2) is 24.3 Å². The maximum Gasteiger partial charge on any atom is 0.407 e. The van der Waals surface area contributed by atoms with Gasteiger partial charge in [-0.05, 0) is 44.9 Å². The lowest BCUT2D eigenvalue weighted by atomic mass is 9.93. The number of carbonyl (C=O) groups is 1. The molecule has 0 saturated heterocycles. The van der Waals surface area contributed by atoms with Crippen molar-refractivity contribution in [1.29, 1.82) is 0 Å². The second-order valence-corrected chi connectivity index (χ2v) is 7.20. The number of hydrogen-bond donors (Lipinski definition) is 1. The van der Waals surface area contributed by atoms with Crippen LogP contribution in [-0.2, 0) is 4.74 Å². The van der Waals surface area contributed by atoms with E-state index in [1.165, 1.54) is 31.2 Å². The summed E-state index contributed by atoms with van der Waals surface area (Å²) in [4.78, 5) is 11.9. The van der Waals surface area contributed by atoms with Crippen LogP contribution in [0.3, 0.4) is 0 Å². The molecule has 1 N–H and O–H groups in total. The maximum absolute atomic E-state index is 11.9. The molecule has 4 nitrogen and oxygen atoms in total. The second-order valence-electron chi connectivity index (χ2n) is 7.20. The highest BCUT2D eigenvalue weighted by Gasteiger charge is 2.18. The highest BCUT2D eigenvalue weighted by molar-refractivity contribution is 5.67. The Hall–Kier alpha value is -1.71. The van der Waals surface area contributed by atoms with Crippen LogP contribution >= 0.6 is 0 Å². The fraction of sp³-hybridized carbons (Fsp3) is 0.650. The monoisotopic (exact) mass is 335 g/mol. The van der Waals surface area contributed by atoms with Gasteiger partial charge in [-0.1, -0.05) is 44.7 Å². The molecule has 1 aromatic rings. The molecule has 0 fully saturated rings. The zero-order valence-electron chi connectivity index (χ0n) is 15.9. The van der Waals surface area contributed by atoms with E-state index in [2.05, 4.69) is 24.4 Å². The van der Waals surface area contributed by atoms with Crippen molar-refractivity contribution < 1.29 is 14.3 Å². The van der Waals surface area contributed by atoms with Gasteiger partial charge in [-0.2, -0.15) is 0 Å². The Kier molecular flexibility index (Phi) is 8.66. The van der Waals surface area contributed by atoms with E-state index < -0.39 is 5.60 Å². The van der Waals surface area contributed by atoms with Crippen LogP contribution in [0.2, 0.25) is 0 Å². The molecule has 0 aliphatic carbocycles. The molecule has 1 rings (SSSR count). The molecule has 1 unspecified atom stereocenters. The van der Waals surface area contributed by atoms with Crippen molar-refractivity contribution >= 4 is 6.09 Å². The largest absolute Gasteiger partial charge is 0.497 e. The molecule has 0 saturated carbocycles. The number of alkyl carbamates (subject to hydrolysis) is 1. The van der Waals surface area contributed by atoms with E-state index in [-0.39, 0.29) is 6.09 Å². The third kappa shape index (κ3) is 8.23. The van der Waals surface area contributed by atoms with Gasteiger partial charge >= 0.3 is 6.09 Å². The predicted molar refractivity (Wildman–Crippen MR) is 98.7 cm³/mol. The van der Waals surface area contributed by atoms with Crippen molar-refractivity contribution in [3.63, 3.8) is 0 Å². The van der Waals surface area contributed by atoms with Gasteiger partial charge in [0, 0.05) is 12.5 Å². The van der Waals surface area contributed by atoms with Gasteiger partial charge < -0.3 is 14.8 Å². The summed E-state index contributed by atoms with van der Waals surface area (Å²) in [5.41, 5.74) is 0.754. The number of amides is 1. The molecule has 0 aliphatic heterocycles. The molecule has 0 bridgehead atoms. The average molecular weight is 335 g/mol. The van der Waals surface area contributed by atoms with Crippen LogP contribution in [-0.4, -0.2) is 25.3 Å². The number of benzene rings is 1. The normalized spacial score (nSPS) is 12.5. The molecule has 0 spiro atoms. The Morgan fingerprint density at radius 2 is 1.79 bits per heavy atom. The van der Waals surface area contributed by atoms with Crippen molar-refractivity contribution in [2.75, 3.05) is 13.7 Å². The third-order valence-electron chi connectivity index (χ3n) is 3.89. The van der Waals surface area contributed by atoms with Gasteiger partial charge in [-0.15, -0.1) is 0 Å². The summed E-state index contributed by atoms with van der Waals surface area (Å²) in [6, 6.07) is 8.11. The molecule has 4 heteroatoms. The molecule has 1 aromatic carbocycles. The standard InChI is InChI=1S/C20H33NO3/c1-6-7-8-9-10-17(15-21-19(22)24-20(2,3)4)16-11-13-18(23-5)14-12-16/h11-14,17H,6-10,15H2,1-5H3,(H,21,22). The van der Waals surface area contributed by atoms with E-state index in [1.807, 2.05) is 32.9 Å². The molecule has 24 heavy (non-hydrogen) atoms. The van der Waals surface area contributed by atoms with Crippen LogP contribution < -0.4 is 10.1 Å². The molecule has 0 heterocycles. The first-order valence-electron chi connectivity index (χ1n) is 8.96. The highest BCUT2D eigenvalue weighted by atomic mass is 16.6. The first-order valence-corrected chi connectivity index (χ1v) is 8.96. The molecular formula is C20H33NO3. The molecule has 0 aromatic heterocycles. The molecule has 0 aliphatic rings. The van der Waals surface area contributed by atoms with Gasteiger partial charge in [0.2, 0.25) is 0 Å². The van der Waals surface area contributed by atoms with Gasteiger partial charge in [-0.25, -0.2) is 4.79 Å². The Balaban J connectivity index is 2.64. The molecule has 136 valence electrons. The summed E-state index contributed by atoms with van der Waals surface area (Å²) in [5, 5.41) is 2.91. The van der Waals surface area contributed by atoms with E-state index in [0.717, 1.165) is 12.2 Å². The summed E-state index contributed by atoms with van der Waals surface area (Å²) in [5.74, 6) is 1.14. The SMILES string of the molecule is CCCCCCC(CNC(=O)OC(C)(C)C)c1ccc(OC)cc1. The fourth-order valence-corrected chi connectivity index (χ4v) is 2.60. The minimum atomic E-state index is -0.471. The molecule has 1 amide bonds. The Bertz CT molecular complexity index is 477. The summed E-state index contributed by atoms with van der Waals surface area (Å²) < 4.78 is 10.6. The molecular weight excluding hydrogens is 302 g/mol. The zero-order chi connectivity index (χ0) is 18.0. The summed E-state index contributed by atoms with van der Waals surface area (Å²) in [6.07, 6.45) is 5.59. The van der Waals surface area contributed by atoms with Crippen LogP contribution in [0.5, 0.6) is 5.75 Å². The lowest BCUT2D eigenvalue weighted by Gasteiger charge is -2.22. The number of nitrogens with one attached hydrogen (secondary N) is 1. The van der Waals surface area contributed by atoms with E-state index >= 15 is 0 Å². The number of ether oxygens (including phenoxy) is 2. The van der Waals surface area contributed by atoms with Crippen LogP contribution in [0, 0.1) is 0 Å². The predicted octanol–water partition coefficient (Wildman–Crippen LogP) is 5.27. The number of hydrogen-bond acceptors (Lipinski definition) is 3. The maximum atomic E-state index is 11.9. The Morgan fingerprint density at radius 3 is 2.33 bits per heavy atom. The fourth-order valence-electron chi connectivity index (χ4n) is 2.60. The first-order chi connectivity index (χ1) is 11.4. The quantitative estimate of drug-likeness (QED) is 0.625. The average Bonchev–Trinajstić information content (AvgIpc) is 2.53. The molecule has 1 atom stereocenters. The lowest BCUT2D eigenvalue weighted by Crippen LogP contribution is -2.34.